The second-order valence-corrected chi connectivity index (χ2v) is 7.90. The Bertz CT molecular complexity index is 716. The summed E-state index contributed by atoms with van der Waals surface area (Å²) in [7, 11) is 2.20. The number of piperazine rings is 2. The Morgan fingerprint density at radius 1 is 1.15 bits per heavy atom. The molecule has 0 amide bonds. The minimum absolute atomic E-state index is 0.522. The van der Waals surface area contributed by atoms with E-state index in [1.165, 1.54) is 12.8 Å². The van der Waals surface area contributed by atoms with Crippen molar-refractivity contribution in [3.8, 4) is 6.07 Å². The van der Waals surface area contributed by atoms with Crippen LogP contribution in [0, 0.1) is 11.3 Å². The molecule has 138 valence electrons. The first-order valence-corrected chi connectivity index (χ1v) is 9.59. The molecule has 2 atom stereocenters. The van der Waals surface area contributed by atoms with Crippen molar-refractivity contribution in [2.75, 3.05) is 56.1 Å². The van der Waals surface area contributed by atoms with E-state index in [-0.39, 0.29) is 0 Å². The summed E-state index contributed by atoms with van der Waals surface area (Å²) in [6.45, 7) is 12.2. The first-order chi connectivity index (χ1) is 12.5. The summed E-state index contributed by atoms with van der Waals surface area (Å²) in [5.74, 6) is 0.988. The molecule has 0 radical (unpaired) electrons. The van der Waals surface area contributed by atoms with Crippen molar-refractivity contribution >= 4 is 11.5 Å². The van der Waals surface area contributed by atoms with Crippen molar-refractivity contribution in [3.63, 3.8) is 0 Å². The van der Waals surface area contributed by atoms with E-state index in [4.69, 9.17) is 0 Å². The number of pyridine rings is 1. The van der Waals surface area contributed by atoms with Crippen LogP contribution < -0.4 is 9.80 Å². The normalized spacial score (nSPS) is 26.1. The highest BCUT2D eigenvalue weighted by Gasteiger charge is 2.39. The van der Waals surface area contributed by atoms with Crippen LogP contribution in [0.3, 0.4) is 0 Å². The first-order valence-electron chi connectivity index (χ1n) is 9.59. The summed E-state index contributed by atoms with van der Waals surface area (Å²) in [5.41, 5.74) is 2.79. The number of fused-ring (bicyclic) bond motifs is 2. The van der Waals surface area contributed by atoms with E-state index in [2.05, 4.69) is 57.3 Å². The number of nitrogens with zero attached hydrogens (tertiary/aromatic N) is 6. The minimum Gasteiger partial charge on any atom is -0.372 e. The van der Waals surface area contributed by atoms with Gasteiger partial charge in [0.25, 0.3) is 0 Å². The van der Waals surface area contributed by atoms with Gasteiger partial charge in [-0.05, 0) is 32.9 Å². The third kappa shape index (κ3) is 3.12. The summed E-state index contributed by atoms with van der Waals surface area (Å²) in [5, 5.41) is 9.51. The highest BCUT2D eigenvalue weighted by atomic mass is 15.3. The molecule has 6 heteroatoms. The topological polar surface area (TPSA) is 49.6 Å². The SMILES string of the molecule is C=C(C)N1CCN(c2cc(C#N)nc(N3C4CCC3CN(C)C4)c2)CC1. The van der Waals surface area contributed by atoms with Crippen LogP contribution in [0.25, 0.3) is 0 Å². The van der Waals surface area contributed by atoms with Crippen molar-refractivity contribution in [2.45, 2.75) is 31.8 Å². The summed E-state index contributed by atoms with van der Waals surface area (Å²) < 4.78 is 0. The maximum absolute atomic E-state index is 9.51. The number of allylic oxidation sites excluding steroid dienone is 1. The Labute approximate surface area is 156 Å². The first kappa shape index (κ1) is 17.2. The van der Waals surface area contributed by atoms with E-state index in [0.717, 1.165) is 56.5 Å². The number of hydrogen-bond donors (Lipinski definition) is 0. The standard InChI is InChI=1S/C20H28N6/c1-15(2)24-6-8-25(9-7-24)19-10-16(12-21)22-20(11-19)26-17-4-5-18(26)14-23(3)13-17/h10-11,17-18H,1,4-9,13-14H2,2-3H3. The van der Waals surface area contributed by atoms with Crippen LogP contribution in [0.5, 0.6) is 0 Å². The van der Waals surface area contributed by atoms with Gasteiger partial charge >= 0.3 is 0 Å². The lowest BCUT2D eigenvalue weighted by molar-refractivity contribution is 0.263. The summed E-state index contributed by atoms with van der Waals surface area (Å²) in [6, 6.07) is 7.46. The van der Waals surface area contributed by atoms with Crippen molar-refractivity contribution in [1.82, 2.24) is 14.8 Å². The van der Waals surface area contributed by atoms with Crippen LogP contribution in [0.4, 0.5) is 11.5 Å². The third-order valence-corrected chi connectivity index (χ3v) is 6.03. The average Bonchev–Trinajstić information content (AvgIpc) is 2.92. The zero-order valence-electron chi connectivity index (χ0n) is 15.9. The smallest absolute Gasteiger partial charge is 0.144 e. The van der Waals surface area contributed by atoms with E-state index in [1.54, 1.807) is 0 Å². The molecule has 0 aromatic carbocycles. The number of anilines is 2. The van der Waals surface area contributed by atoms with E-state index in [0.29, 0.717) is 17.8 Å². The quantitative estimate of drug-likeness (QED) is 0.828. The van der Waals surface area contributed by atoms with Gasteiger partial charge in [0.2, 0.25) is 0 Å². The zero-order chi connectivity index (χ0) is 18.3. The predicted octanol–water partition coefficient (Wildman–Crippen LogP) is 1.89. The fraction of sp³-hybridized carbons (Fsp3) is 0.600. The van der Waals surface area contributed by atoms with Gasteiger partial charge in [0.05, 0.1) is 0 Å². The largest absolute Gasteiger partial charge is 0.372 e. The molecule has 3 saturated heterocycles. The van der Waals surface area contributed by atoms with E-state index >= 15 is 0 Å². The molecule has 0 aliphatic carbocycles. The van der Waals surface area contributed by atoms with Crippen LogP contribution in [0.15, 0.2) is 24.4 Å². The lowest BCUT2D eigenvalue weighted by Gasteiger charge is -2.41. The molecule has 4 heterocycles. The molecule has 6 nitrogen and oxygen atoms in total. The average molecular weight is 352 g/mol. The summed E-state index contributed by atoms with van der Waals surface area (Å²) in [4.78, 5) is 14.3. The number of hydrogen-bond acceptors (Lipinski definition) is 6. The van der Waals surface area contributed by atoms with Gasteiger partial charge in [0.15, 0.2) is 0 Å². The molecule has 3 aliphatic heterocycles. The Kier molecular flexibility index (Phi) is 4.49. The molecule has 0 saturated carbocycles. The van der Waals surface area contributed by atoms with Crippen molar-refractivity contribution in [2.24, 2.45) is 0 Å². The Morgan fingerprint density at radius 2 is 1.81 bits per heavy atom. The lowest BCUT2D eigenvalue weighted by Crippen LogP contribution is -2.53. The molecule has 0 N–H and O–H groups in total. The molecule has 3 aliphatic rings. The minimum atomic E-state index is 0.522. The highest BCUT2D eigenvalue weighted by Crippen LogP contribution is 2.35. The van der Waals surface area contributed by atoms with Crippen molar-refractivity contribution in [1.29, 1.82) is 5.26 Å². The van der Waals surface area contributed by atoms with Gasteiger partial charge in [-0.2, -0.15) is 5.26 Å². The van der Waals surface area contributed by atoms with E-state index < -0.39 is 0 Å². The maximum atomic E-state index is 9.51. The van der Waals surface area contributed by atoms with Crippen LogP contribution in [-0.4, -0.2) is 73.2 Å². The van der Waals surface area contributed by atoms with Crippen molar-refractivity contribution in [3.05, 3.63) is 30.1 Å². The molecule has 2 unspecified atom stereocenters. The van der Waals surface area contributed by atoms with Gasteiger partial charge in [0.1, 0.15) is 17.6 Å². The molecular formula is C20H28N6. The number of likely N-dealkylation sites (N-methyl/N-ethyl adjacent to an activating group) is 1. The maximum Gasteiger partial charge on any atom is 0.144 e. The molecule has 26 heavy (non-hydrogen) atoms. The second kappa shape index (κ2) is 6.81. The fourth-order valence-electron chi connectivity index (χ4n) is 4.71. The molecule has 1 aromatic rings. The van der Waals surface area contributed by atoms with E-state index in [1.807, 2.05) is 6.07 Å². The third-order valence-electron chi connectivity index (χ3n) is 6.03. The molecule has 4 rings (SSSR count). The highest BCUT2D eigenvalue weighted by molar-refractivity contribution is 5.60. The number of aromatic nitrogens is 1. The second-order valence-electron chi connectivity index (χ2n) is 7.90. The molecule has 2 bridgehead atoms. The summed E-state index contributed by atoms with van der Waals surface area (Å²) in [6.07, 6.45) is 2.44. The van der Waals surface area contributed by atoms with Gasteiger partial charge < -0.3 is 19.6 Å². The van der Waals surface area contributed by atoms with Crippen LogP contribution in [0.1, 0.15) is 25.5 Å². The number of rotatable bonds is 3. The lowest BCUT2D eigenvalue weighted by atomic mass is 10.1. The Balaban J connectivity index is 1.59. The molecule has 0 spiro atoms. The molecular weight excluding hydrogens is 324 g/mol. The van der Waals surface area contributed by atoms with Gasteiger partial charge in [-0.25, -0.2) is 4.98 Å². The van der Waals surface area contributed by atoms with Crippen LogP contribution in [-0.2, 0) is 0 Å². The number of likely N-dealkylation sites (tertiary alicyclic amines) is 1. The molecule has 1 aromatic heterocycles. The monoisotopic (exact) mass is 352 g/mol. The van der Waals surface area contributed by atoms with Crippen molar-refractivity contribution < 1.29 is 0 Å². The van der Waals surface area contributed by atoms with Gasteiger partial charge in [-0.3, -0.25) is 0 Å². The zero-order valence-corrected chi connectivity index (χ0v) is 15.9. The predicted molar refractivity (Wildman–Crippen MR) is 104 cm³/mol. The Morgan fingerprint density at radius 3 is 2.38 bits per heavy atom. The van der Waals surface area contributed by atoms with Gasteiger partial charge in [0, 0.05) is 68.8 Å². The van der Waals surface area contributed by atoms with Crippen LogP contribution in [0.2, 0.25) is 0 Å². The van der Waals surface area contributed by atoms with Crippen LogP contribution >= 0.6 is 0 Å². The number of nitriles is 1. The van der Waals surface area contributed by atoms with Gasteiger partial charge in [-0.1, -0.05) is 6.58 Å². The van der Waals surface area contributed by atoms with E-state index in [9.17, 15) is 5.26 Å². The van der Waals surface area contributed by atoms with Gasteiger partial charge in [-0.15, -0.1) is 0 Å². The Hall–Kier alpha value is -2.26. The molecule has 3 fully saturated rings. The summed E-state index contributed by atoms with van der Waals surface area (Å²) >= 11 is 0. The fourth-order valence-corrected chi connectivity index (χ4v) is 4.71.